The number of hydrogen-bond donors (Lipinski definition) is 11. The van der Waals surface area contributed by atoms with Gasteiger partial charge in [-0.15, -0.1) is 12.4 Å². The van der Waals surface area contributed by atoms with Gasteiger partial charge in [-0.3, -0.25) is 14.4 Å². The zero-order valence-electron chi connectivity index (χ0n) is 73.5. The Morgan fingerprint density at radius 2 is 0.785 bits per heavy atom. The van der Waals surface area contributed by atoms with Crippen LogP contribution >= 0.6 is 65.6 Å². The van der Waals surface area contributed by atoms with Gasteiger partial charge in [0.05, 0.1) is 24.1 Å². The maximum atomic E-state index is 15.0. The Kier molecular flexibility index (Phi) is 46.9. The first-order valence-electron chi connectivity index (χ1n) is 40.0. The molecule has 0 aliphatic heterocycles. The number of esters is 1. The van der Waals surface area contributed by atoms with Gasteiger partial charge in [-0.1, -0.05) is 150 Å². The molecule has 6 heterocycles. The van der Waals surface area contributed by atoms with Gasteiger partial charge in [-0.05, 0) is 219 Å². The molecule has 16 rings (SSSR count). The number of halogens is 12. The van der Waals surface area contributed by atoms with E-state index in [1.54, 1.807) is 151 Å². The van der Waals surface area contributed by atoms with Gasteiger partial charge in [0.25, 0.3) is 5.91 Å². The van der Waals surface area contributed by atoms with E-state index in [2.05, 4.69) is 93.8 Å². The molecule has 10 aromatic carbocycles. The standard InChI is InChI=1S/C26H31F2N3O3.C17H13F2NO2.C16H12FNO.C15H9F2NO2.C10H8BrNO.C9H6BrNO2.C2H3N.C2H6O.CH4.Cl2OS.ClH.Na.H2O/c1-5-6-7-19(30-25(33)34-26(2,3)4)15-29-24(32)23-22(28)20-13-10-17(14-21(20)31-23)16-8-11-18(27)12-9-16;1-2-22-17(21)16-15(19)13-8-5-11(9-14(13)20-16)10-3-6-12(18)7-4-10;1-10(19)15-9-13-3-2-12(8-16(13)18-15)11-4-6-14(17)7-5-11;16-10-4-1-8(2-5-10)9-3-6-11-12(7-9)18-14(13(11)17)15(19)20;1-6(13)9-4-7-2-3-8(11)5-10(7)12-9;10-6-2-1-5-3-8(9(12)13)11-7(5)4-6;2*1-2-3;;1-4(2)3;;;/h8-14,19,31H,5-7,15H2,1-4H3,(H,29,32)(H,30,33);3-9,20H,2H2,1H3;2-9,18H,1H3;1-7,18H,(H,19,20);2-5,12H,1H3;1-4,11H,(H,12,13);1H3;3H,2H2,1H3;1H4;;1H;;1H2/q;;;;;;;;;;;+1;/p-1/t19-;;;;;;;;;;;;/m0............/s1. The number of fused-ring (bicyclic) bond motifs is 6. The number of carbonyl (C=O) groups excluding carboxylic acids is 5. The van der Waals surface area contributed by atoms with E-state index in [-0.39, 0.29) is 143 Å². The number of carboxylic acid groups (broad SMARTS) is 2. The number of H-pyrrole nitrogens is 6. The molecule has 0 spiro atoms. The number of aromatic amines is 6. The number of ether oxygens (including phenoxy) is 2. The molecule has 6 aromatic heterocycles. The minimum Gasteiger partial charge on any atom is -0.870 e. The van der Waals surface area contributed by atoms with Crippen LogP contribution in [0.5, 0.6) is 0 Å². The summed E-state index contributed by atoms with van der Waals surface area (Å²) in [6.07, 6.45) is 1.86. The molecule has 12 N–H and O–H groups in total. The van der Waals surface area contributed by atoms with Crippen LogP contribution in [0.15, 0.2) is 233 Å². The second-order valence-corrected chi connectivity index (χ2v) is 33.8. The third kappa shape index (κ3) is 34.0. The smallest absolute Gasteiger partial charge is 0.870 e. The van der Waals surface area contributed by atoms with E-state index in [1.165, 1.54) is 68.4 Å². The number of aliphatic hydroxyl groups is 1. The number of carbonyl (C=O) groups is 7. The van der Waals surface area contributed by atoms with Gasteiger partial charge in [0, 0.05) is 136 Å². The molecule has 2 amide bonds. The van der Waals surface area contributed by atoms with Crippen molar-refractivity contribution in [2.45, 2.75) is 101 Å². The average molecular weight is 2080 g/mol. The fourth-order valence-corrected chi connectivity index (χ4v) is 13.4. The molecule has 1 atom stereocenters. The number of hydrogen-bond acceptors (Lipinski definition) is 13. The van der Waals surface area contributed by atoms with Crippen molar-refractivity contribution in [2.24, 2.45) is 0 Å². The van der Waals surface area contributed by atoms with Gasteiger partial charge < -0.3 is 70.8 Å². The van der Waals surface area contributed by atoms with Crippen LogP contribution in [-0.2, 0) is 18.7 Å². The zero-order chi connectivity index (χ0) is 96.1. The molecule has 0 radical (unpaired) electrons. The van der Waals surface area contributed by atoms with Crippen molar-refractivity contribution < 1.29 is 128 Å². The predicted molar refractivity (Wildman–Crippen MR) is 521 cm³/mol. The molecule has 16 aromatic rings. The summed E-state index contributed by atoms with van der Waals surface area (Å²) in [5.41, 5.74) is 10.7. The van der Waals surface area contributed by atoms with Gasteiger partial charge in [0.1, 0.15) is 40.3 Å². The van der Waals surface area contributed by atoms with Crippen molar-refractivity contribution in [1.29, 1.82) is 5.26 Å². The monoisotopic (exact) mass is 2070 g/mol. The first kappa shape index (κ1) is 115. The Labute approximate surface area is 828 Å². The van der Waals surface area contributed by atoms with Crippen molar-refractivity contribution >= 4 is 182 Å². The number of carboxylic acids is 2. The van der Waals surface area contributed by atoms with E-state index in [4.69, 9.17) is 34.3 Å². The molecular weight excluding hydrogens is 1980 g/mol. The molecule has 0 unspecified atom stereocenters. The number of aliphatic hydroxyl groups excluding tert-OH is 1. The summed E-state index contributed by atoms with van der Waals surface area (Å²) < 4.78 is 116. The average Bonchev–Trinajstić information content (AvgIpc) is 1.65. The summed E-state index contributed by atoms with van der Waals surface area (Å²) in [6, 6.07) is 63.2. The second-order valence-electron chi connectivity index (χ2n) is 29.4. The maximum absolute atomic E-state index is 15.0. The molecular formula is C98H94Br2Cl3F7N9NaO14S. The Hall–Kier alpha value is -12.2. The van der Waals surface area contributed by atoms with E-state index < -0.39 is 67.9 Å². The molecule has 0 fully saturated rings. The number of aromatic carboxylic acids is 2. The molecule has 37 heteroatoms. The molecule has 706 valence electrons. The summed E-state index contributed by atoms with van der Waals surface area (Å²) in [5, 5.41) is 41.7. The van der Waals surface area contributed by atoms with Gasteiger partial charge >= 0.3 is 53.6 Å². The van der Waals surface area contributed by atoms with E-state index in [9.17, 15) is 64.3 Å². The Balaban J connectivity index is 0.000000338. The van der Waals surface area contributed by atoms with E-state index in [1.807, 2.05) is 73.7 Å². The first-order chi connectivity index (χ1) is 62.2. The van der Waals surface area contributed by atoms with Crippen molar-refractivity contribution in [3.05, 3.63) is 308 Å². The number of nitriles is 1. The Bertz CT molecular complexity index is 6700. The molecule has 0 saturated carbocycles. The number of rotatable bonds is 17. The Morgan fingerprint density at radius 3 is 1.13 bits per heavy atom. The van der Waals surface area contributed by atoms with E-state index >= 15 is 0 Å². The molecule has 135 heavy (non-hydrogen) atoms. The minimum absolute atomic E-state index is 0. The molecule has 23 nitrogen and oxygen atoms in total. The van der Waals surface area contributed by atoms with Gasteiger partial charge in [0.15, 0.2) is 40.4 Å². The van der Waals surface area contributed by atoms with Gasteiger partial charge in [-0.25, -0.2) is 54.1 Å². The summed E-state index contributed by atoms with van der Waals surface area (Å²) in [7, 11) is 7.36. The first-order valence-corrected chi connectivity index (χ1v) is 44.4. The fraction of sp³-hybridized carbons (Fsp3) is 0.184. The SMILES string of the molecule is C.CC#N.CC(=O)c1cc2ccc(-c3ccc(F)cc3)cc2[nH]1.CC(=O)c1cc2ccc(Br)cc2[nH]1.CCCC[C@@H](CNC(=O)c1[nH]c2cc(-c3ccc(F)cc3)ccc2c1F)NC(=O)OC(C)(C)C.CCO.CCOC(=O)c1[nH]c2cc(-c3ccc(F)cc3)ccc2c1F.Cl.O=C(O)c1[nH]c2cc(-c3ccc(F)cc3)ccc2c1F.O=C(O)c1cc2ccc(Br)cc2[nH]1.O=S(Cl)Cl.[Na+].[OH-]. The van der Waals surface area contributed by atoms with Gasteiger partial charge in [0.2, 0.25) is 9.23 Å². The number of benzene rings is 10. The topological polar surface area (TPSA) is 388 Å². The Morgan fingerprint density at radius 1 is 0.481 bits per heavy atom. The van der Waals surface area contributed by atoms with Crippen molar-refractivity contribution in [1.82, 2.24) is 40.5 Å². The van der Waals surface area contributed by atoms with Crippen LogP contribution in [-0.4, -0.2) is 128 Å². The van der Waals surface area contributed by atoms with Crippen LogP contribution in [0.3, 0.4) is 0 Å². The van der Waals surface area contributed by atoms with Crippen LogP contribution in [0.2, 0.25) is 0 Å². The second kappa shape index (κ2) is 55.0. The molecule has 0 aliphatic carbocycles. The van der Waals surface area contributed by atoms with Crippen molar-refractivity contribution in [3.63, 3.8) is 0 Å². The van der Waals surface area contributed by atoms with Crippen LogP contribution in [0, 0.1) is 52.1 Å². The number of aromatic nitrogens is 6. The van der Waals surface area contributed by atoms with E-state index in [0.717, 1.165) is 99.0 Å². The van der Waals surface area contributed by atoms with Crippen LogP contribution in [0.4, 0.5) is 35.5 Å². The maximum Gasteiger partial charge on any atom is 1.00 e. The molecule has 0 bridgehead atoms. The third-order valence-corrected chi connectivity index (χ3v) is 19.7. The predicted octanol–water partition coefficient (Wildman–Crippen LogP) is 23.4. The number of alkyl carbamates (subject to hydrolysis) is 1. The summed E-state index contributed by atoms with van der Waals surface area (Å²) in [6.45, 7) is 15.8. The van der Waals surface area contributed by atoms with E-state index in [0.29, 0.717) is 39.7 Å². The minimum atomic E-state index is -1.67. The fourth-order valence-electron chi connectivity index (χ4n) is 12.7. The summed E-state index contributed by atoms with van der Waals surface area (Å²) in [5.74, 6) is -6.84. The number of ketones is 2. The van der Waals surface area contributed by atoms with Gasteiger partial charge in [-0.2, -0.15) is 5.26 Å². The number of nitrogens with zero attached hydrogens (tertiary/aromatic N) is 1. The number of nitrogens with one attached hydrogen (secondary N) is 8. The van der Waals surface area contributed by atoms with Crippen molar-refractivity contribution in [2.75, 3.05) is 19.8 Å². The number of unbranched alkanes of at least 4 members (excludes halogenated alkanes) is 1. The summed E-state index contributed by atoms with van der Waals surface area (Å²) in [4.78, 5) is 97.6. The summed E-state index contributed by atoms with van der Waals surface area (Å²) >= 11 is 6.69. The van der Waals surface area contributed by atoms with Crippen LogP contribution in [0.25, 0.3) is 110 Å². The van der Waals surface area contributed by atoms with Crippen molar-refractivity contribution in [3.8, 4) is 50.6 Å². The quantitative estimate of drug-likeness (QED) is 0.0133. The molecule has 0 saturated heterocycles. The number of Topliss-reactive ketones (excluding diaryl/α,β-unsaturated/α-hetero) is 2. The molecule has 0 aliphatic rings. The largest absolute Gasteiger partial charge is 1.00 e. The normalized spacial score (nSPS) is 10.5. The van der Waals surface area contributed by atoms with Crippen LogP contribution < -0.4 is 40.2 Å². The number of amides is 2. The third-order valence-electron chi connectivity index (χ3n) is 18.8. The van der Waals surface area contributed by atoms with Crippen LogP contribution in [0.1, 0.15) is 152 Å². The zero-order valence-corrected chi connectivity index (χ0v) is 81.8.